The number of aromatic nitrogens is 2. The van der Waals surface area contributed by atoms with Crippen LogP contribution in [0, 0.1) is 6.92 Å². The quantitative estimate of drug-likeness (QED) is 0.395. The first-order valence-corrected chi connectivity index (χ1v) is 11.5. The van der Waals surface area contributed by atoms with Gasteiger partial charge in [0.05, 0.1) is 11.4 Å². The maximum atomic E-state index is 12.6. The number of aryl methyl sites for hydroxylation is 1. The molecule has 0 aliphatic rings. The predicted octanol–water partition coefficient (Wildman–Crippen LogP) is 4.55. The van der Waals surface area contributed by atoms with Crippen molar-refractivity contribution in [3.05, 3.63) is 75.8 Å². The molecule has 1 N–H and O–H groups in total. The number of hydrogen-bond donors (Lipinski definition) is 1. The lowest BCUT2D eigenvalue weighted by molar-refractivity contribution is -0.119. The molecule has 10 heteroatoms. The van der Waals surface area contributed by atoms with Crippen LogP contribution in [0.15, 0.2) is 54.6 Å². The van der Waals surface area contributed by atoms with Crippen LogP contribution in [-0.2, 0) is 9.53 Å². The van der Waals surface area contributed by atoms with Crippen LogP contribution in [0.3, 0.4) is 0 Å². The standard InChI is InChI=1S/C24H21ClN4O4S/c1-14-19-12-20(34-23(19)29(27-14)18-6-4-5-16(25)11-18)24(32)33-13-21(30)26-17-9-7-15(8-10-17)22(31)28(2)3/h4-12H,13H2,1-3H3,(H,26,30). The number of hydrogen-bond acceptors (Lipinski definition) is 6. The van der Waals surface area contributed by atoms with Gasteiger partial charge in [0.25, 0.3) is 11.8 Å². The molecule has 8 nitrogen and oxygen atoms in total. The van der Waals surface area contributed by atoms with Gasteiger partial charge >= 0.3 is 5.97 Å². The number of amides is 2. The van der Waals surface area contributed by atoms with Crippen LogP contribution in [0.1, 0.15) is 25.7 Å². The third-order valence-electron chi connectivity index (χ3n) is 4.95. The highest BCUT2D eigenvalue weighted by Crippen LogP contribution is 2.31. The summed E-state index contributed by atoms with van der Waals surface area (Å²) in [5.41, 5.74) is 2.55. The average Bonchev–Trinajstić information content (AvgIpc) is 3.38. The van der Waals surface area contributed by atoms with Crippen molar-refractivity contribution in [3.63, 3.8) is 0 Å². The lowest BCUT2D eigenvalue weighted by atomic mass is 10.2. The zero-order chi connectivity index (χ0) is 24.4. The van der Waals surface area contributed by atoms with E-state index in [2.05, 4.69) is 10.4 Å². The van der Waals surface area contributed by atoms with Crippen LogP contribution in [0.2, 0.25) is 5.02 Å². The first kappa shape index (κ1) is 23.5. The van der Waals surface area contributed by atoms with Crippen molar-refractivity contribution in [1.82, 2.24) is 14.7 Å². The molecule has 0 fully saturated rings. The second kappa shape index (κ2) is 9.66. The lowest BCUT2D eigenvalue weighted by Gasteiger charge is -2.11. The Morgan fingerprint density at radius 3 is 2.53 bits per heavy atom. The number of nitrogens with one attached hydrogen (secondary N) is 1. The molecule has 2 aromatic heterocycles. The van der Waals surface area contributed by atoms with E-state index in [0.29, 0.717) is 21.2 Å². The van der Waals surface area contributed by atoms with E-state index in [4.69, 9.17) is 16.3 Å². The fourth-order valence-electron chi connectivity index (χ4n) is 3.28. The van der Waals surface area contributed by atoms with Gasteiger partial charge in [-0.05, 0) is 55.5 Å². The fourth-order valence-corrected chi connectivity index (χ4v) is 4.55. The van der Waals surface area contributed by atoms with Crippen molar-refractivity contribution >= 4 is 56.6 Å². The van der Waals surface area contributed by atoms with Crippen LogP contribution in [0.4, 0.5) is 5.69 Å². The minimum Gasteiger partial charge on any atom is -0.451 e. The molecule has 0 aliphatic carbocycles. The lowest BCUT2D eigenvalue weighted by Crippen LogP contribution is -2.22. The van der Waals surface area contributed by atoms with Gasteiger partial charge in [0.2, 0.25) is 0 Å². The minimum atomic E-state index is -0.597. The van der Waals surface area contributed by atoms with Crippen LogP contribution < -0.4 is 5.32 Å². The van der Waals surface area contributed by atoms with Gasteiger partial charge in [0, 0.05) is 35.8 Å². The monoisotopic (exact) mass is 496 g/mol. The van der Waals surface area contributed by atoms with Crippen molar-refractivity contribution in [2.75, 3.05) is 26.0 Å². The van der Waals surface area contributed by atoms with E-state index in [1.54, 1.807) is 61.2 Å². The molecule has 0 bridgehead atoms. The Labute approximate surface area is 204 Å². The van der Waals surface area contributed by atoms with Crippen molar-refractivity contribution < 1.29 is 19.1 Å². The summed E-state index contributed by atoms with van der Waals surface area (Å²) < 4.78 is 6.94. The van der Waals surface area contributed by atoms with E-state index in [0.717, 1.165) is 21.6 Å². The number of halogens is 1. The molecule has 0 aliphatic heterocycles. The van der Waals surface area contributed by atoms with Crippen LogP contribution in [0.5, 0.6) is 0 Å². The molecule has 0 radical (unpaired) electrons. The Balaban J connectivity index is 1.41. The number of fused-ring (bicyclic) bond motifs is 1. The van der Waals surface area contributed by atoms with Gasteiger partial charge in [0.1, 0.15) is 9.71 Å². The molecule has 0 saturated heterocycles. The highest BCUT2D eigenvalue weighted by Gasteiger charge is 2.19. The molecule has 0 unspecified atom stereocenters. The SMILES string of the molecule is Cc1nn(-c2cccc(Cl)c2)c2sc(C(=O)OCC(=O)Nc3ccc(C(=O)N(C)C)cc3)cc12. The summed E-state index contributed by atoms with van der Waals surface area (Å²) >= 11 is 7.34. The molecule has 34 heavy (non-hydrogen) atoms. The number of ether oxygens (including phenoxy) is 1. The van der Waals surface area contributed by atoms with E-state index in [9.17, 15) is 14.4 Å². The zero-order valence-electron chi connectivity index (χ0n) is 18.7. The Morgan fingerprint density at radius 2 is 1.85 bits per heavy atom. The summed E-state index contributed by atoms with van der Waals surface area (Å²) in [7, 11) is 3.33. The van der Waals surface area contributed by atoms with Crippen molar-refractivity contribution in [3.8, 4) is 5.69 Å². The third kappa shape index (κ3) is 4.95. The molecule has 2 heterocycles. The van der Waals surface area contributed by atoms with Gasteiger partial charge in [-0.2, -0.15) is 5.10 Å². The Bertz CT molecular complexity index is 1390. The van der Waals surface area contributed by atoms with E-state index in [-0.39, 0.29) is 5.91 Å². The van der Waals surface area contributed by atoms with E-state index < -0.39 is 18.5 Å². The number of carbonyl (C=O) groups is 3. The summed E-state index contributed by atoms with van der Waals surface area (Å²) in [4.78, 5) is 39.4. The zero-order valence-corrected chi connectivity index (χ0v) is 20.2. The topological polar surface area (TPSA) is 93.5 Å². The molecule has 0 spiro atoms. The summed E-state index contributed by atoms with van der Waals surface area (Å²) in [6.45, 7) is 1.42. The molecule has 2 amide bonds. The highest BCUT2D eigenvalue weighted by molar-refractivity contribution is 7.20. The summed E-state index contributed by atoms with van der Waals surface area (Å²) in [5.74, 6) is -1.22. The van der Waals surface area contributed by atoms with Crippen molar-refractivity contribution in [2.45, 2.75) is 6.92 Å². The number of rotatable bonds is 6. The maximum absolute atomic E-state index is 12.6. The van der Waals surface area contributed by atoms with Gasteiger partial charge in [-0.1, -0.05) is 17.7 Å². The molecule has 2 aromatic carbocycles. The molecular formula is C24H21ClN4O4S. The minimum absolute atomic E-state index is 0.135. The van der Waals surface area contributed by atoms with E-state index in [1.807, 2.05) is 19.1 Å². The first-order valence-electron chi connectivity index (χ1n) is 10.3. The van der Waals surface area contributed by atoms with Crippen LogP contribution >= 0.6 is 22.9 Å². The number of esters is 1. The van der Waals surface area contributed by atoms with Gasteiger partial charge in [0.15, 0.2) is 6.61 Å². The molecule has 0 saturated carbocycles. The van der Waals surface area contributed by atoms with Gasteiger partial charge in [-0.15, -0.1) is 11.3 Å². The first-order chi connectivity index (χ1) is 16.2. The van der Waals surface area contributed by atoms with Crippen molar-refractivity contribution in [2.24, 2.45) is 0 Å². The normalized spacial score (nSPS) is 10.8. The summed E-state index contributed by atoms with van der Waals surface area (Å²) in [6, 6.07) is 15.5. The van der Waals surface area contributed by atoms with Gasteiger partial charge in [-0.3, -0.25) is 9.59 Å². The summed E-state index contributed by atoms with van der Waals surface area (Å²) in [6.07, 6.45) is 0. The Morgan fingerprint density at radius 1 is 1.12 bits per heavy atom. The number of thiophene rings is 1. The molecule has 4 rings (SSSR count). The number of anilines is 1. The predicted molar refractivity (Wildman–Crippen MR) is 132 cm³/mol. The van der Waals surface area contributed by atoms with E-state index in [1.165, 1.54) is 16.2 Å². The number of nitrogens with zero attached hydrogens (tertiary/aromatic N) is 3. The van der Waals surface area contributed by atoms with Gasteiger partial charge in [-0.25, -0.2) is 9.48 Å². The maximum Gasteiger partial charge on any atom is 0.348 e. The number of benzene rings is 2. The Kier molecular flexibility index (Phi) is 6.67. The van der Waals surface area contributed by atoms with E-state index >= 15 is 0 Å². The molecule has 0 atom stereocenters. The Hall–Kier alpha value is -3.69. The second-order valence-electron chi connectivity index (χ2n) is 7.71. The average molecular weight is 497 g/mol. The molecule has 174 valence electrons. The third-order valence-corrected chi connectivity index (χ3v) is 6.28. The molecular weight excluding hydrogens is 476 g/mol. The van der Waals surface area contributed by atoms with Crippen LogP contribution in [-0.4, -0.2) is 53.2 Å². The van der Waals surface area contributed by atoms with Crippen molar-refractivity contribution in [1.29, 1.82) is 0 Å². The second-order valence-corrected chi connectivity index (χ2v) is 9.17. The molecule has 4 aromatic rings. The largest absolute Gasteiger partial charge is 0.451 e. The smallest absolute Gasteiger partial charge is 0.348 e. The summed E-state index contributed by atoms with van der Waals surface area (Å²) in [5, 5.41) is 8.59. The van der Waals surface area contributed by atoms with Crippen LogP contribution in [0.25, 0.3) is 15.9 Å². The number of carbonyl (C=O) groups excluding carboxylic acids is 3. The fraction of sp³-hybridized carbons (Fsp3) is 0.167. The highest BCUT2D eigenvalue weighted by atomic mass is 35.5. The van der Waals surface area contributed by atoms with Gasteiger partial charge < -0.3 is 15.0 Å².